The van der Waals surface area contributed by atoms with Crippen molar-refractivity contribution in [2.75, 3.05) is 11.9 Å². The third-order valence-corrected chi connectivity index (χ3v) is 6.57. The van der Waals surface area contributed by atoms with Gasteiger partial charge in [-0.3, -0.25) is 9.48 Å². The molecule has 0 unspecified atom stereocenters. The lowest BCUT2D eigenvalue weighted by atomic mass is 10.1. The number of nitrogens with one attached hydrogen (secondary N) is 1. The van der Waals surface area contributed by atoms with Gasteiger partial charge in [-0.2, -0.15) is 10.2 Å². The van der Waals surface area contributed by atoms with E-state index in [0.29, 0.717) is 22.7 Å². The molecule has 1 aliphatic rings. The van der Waals surface area contributed by atoms with Gasteiger partial charge in [-0.25, -0.2) is 23.1 Å². The fourth-order valence-corrected chi connectivity index (χ4v) is 4.82. The fraction of sp³-hybridized carbons (Fsp3) is 0.292. The molecule has 3 heterocycles. The van der Waals surface area contributed by atoms with Crippen LogP contribution in [0.2, 0.25) is 0 Å². The van der Waals surface area contributed by atoms with Crippen LogP contribution in [0.3, 0.4) is 0 Å². The van der Waals surface area contributed by atoms with E-state index in [1.165, 1.54) is 15.4 Å². The van der Waals surface area contributed by atoms with Crippen molar-refractivity contribution >= 4 is 39.1 Å². The number of hydrogen-bond acceptors (Lipinski definition) is 6. The molecule has 5 rings (SSSR count). The minimum absolute atomic E-state index is 0.123. The number of anilines is 1. The number of esters is 1. The molecule has 1 saturated carbocycles. The zero-order valence-electron chi connectivity index (χ0n) is 19.1. The van der Waals surface area contributed by atoms with Gasteiger partial charge in [0.1, 0.15) is 17.8 Å². The van der Waals surface area contributed by atoms with Gasteiger partial charge >= 0.3 is 5.97 Å². The number of hydrogen-bond donors (Lipinski definition) is 1. The number of alkyl halides is 2. The molecule has 1 fully saturated rings. The highest BCUT2D eigenvalue weighted by molar-refractivity contribution is 9.10. The van der Waals surface area contributed by atoms with E-state index in [2.05, 4.69) is 36.4 Å². The second-order valence-electron chi connectivity index (χ2n) is 8.29. The average molecular weight is 559 g/mol. The Morgan fingerprint density at radius 1 is 1.28 bits per heavy atom. The SMILES string of the molecule is CCOC(=O)c1cnn2c(-c3cccc(NC(=O)Cn4nc(C(F)F)c(Br)c4C4CC4)c3)ccnc12. The maximum Gasteiger partial charge on any atom is 0.343 e. The molecule has 0 aliphatic heterocycles. The van der Waals surface area contributed by atoms with E-state index < -0.39 is 18.3 Å². The van der Waals surface area contributed by atoms with Crippen molar-refractivity contribution in [1.29, 1.82) is 0 Å². The zero-order valence-corrected chi connectivity index (χ0v) is 20.7. The molecular weight excluding hydrogens is 538 g/mol. The third kappa shape index (κ3) is 4.60. The molecule has 9 nitrogen and oxygen atoms in total. The molecule has 36 heavy (non-hydrogen) atoms. The van der Waals surface area contributed by atoms with Crippen LogP contribution in [0.25, 0.3) is 16.9 Å². The highest BCUT2D eigenvalue weighted by atomic mass is 79.9. The second-order valence-corrected chi connectivity index (χ2v) is 9.08. The number of carbonyl (C=O) groups excluding carboxylic acids is 2. The summed E-state index contributed by atoms with van der Waals surface area (Å²) in [6.07, 6.45) is 1.99. The van der Waals surface area contributed by atoms with Crippen LogP contribution < -0.4 is 5.32 Å². The van der Waals surface area contributed by atoms with Gasteiger partial charge in [-0.1, -0.05) is 12.1 Å². The minimum Gasteiger partial charge on any atom is -0.462 e. The molecule has 0 radical (unpaired) electrons. The van der Waals surface area contributed by atoms with Crippen LogP contribution in [-0.2, 0) is 16.1 Å². The standard InChI is InChI=1S/C24H21BrF2N6O3/c1-2-36-24(35)16-11-29-33-17(8-9-28-23(16)33)14-4-3-5-15(10-14)30-18(34)12-32-21(13-6-7-13)19(25)20(31-32)22(26)27/h3-5,8-11,13,22H,2,6-7,12H2,1H3,(H,30,34). The normalized spacial score (nSPS) is 13.4. The molecule has 3 aromatic heterocycles. The van der Waals surface area contributed by atoms with Crippen LogP contribution >= 0.6 is 15.9 Å². The molecule has 1 aliphatic carbocycles. The van der Waals surface area contributed by atoms with Gasteiger partial charge in [0.2, 0.25) is 5.91 Å². The Balaban J connectivity index is 1.38. The lowest BCUT2D eigenvalue weighted by molar-refractivity contribution is -0.117. The molecule has 4 aromatic rings. The van der Waals surface area contributed by atoms with E-state index in [1.54, 1.807) is 37.4 Å². The molecule has 0 spiro atoms. The van der Waals surface area contributed by atoms with Crippen molar-refractivity contribution in [3.05, 3.63) is 64.1 Å². The number of aromatic nitrogens is 5. The van der Waals surface area contributed by atoms with Crippen molar-refractivity contribution in [2.24, 2.45) is 0 Å². The number of amides is 1. The summed E-state index contributed by atoms with van der Waals surface area (Å²) < 4.78 is 34.9. The first-order valence-corrected chi connectivity index (χ1v) is 12.1. The Hall–Kier alpha value is -3.67. The lowest BCUT2D eigenvalue weighted by Crippen LogP contribution is -2.21. The number of ether oxygens (including phenoxy) is 1. The van der Waals surface area contributed by atoms with Gasteiger partial charge in [0.05, 0.1) is 28.7 Å². The number of benzene rings is 1. The molecule has 0 bridgehead atoms. The summed E-state index contributed by atoms with van der Waals surface area (Å²) in [5, 5.41) is 11.1. The summed E-state index contributed by atoms with van der Waals surface area (Å²) >= 11 is 3.24. The van der Waals surface area contributed by atoms with E-state index >= 15 is 0 Å². The van der Waals surface area contributed by atoms with Gasteiger partial charge < -0.3 is 10.1 Å². The minimum atomic E-state index is -2.73. The quantitative estimate of drug-likeness (QED) is 0.306. The van der Waals surface area contributed by atoms with Gasteiger partial charge in [0, 0.05) is 23.4 Å². The lowest BCUT2D eigenvalue weighted by Gasteiger charge is -2.10. The molecule has 0 atom stereocenters. The first kappa shape index (κ1) is 24.0. The van der Waals surface area contributed by atoms with Crippen LogP contribution in [0.4, 0.5) is 14.5 Å². The van der Waals surface area contributed by atoms with Crippen LogP contribution in [-0.4, -0.2) is 42.9 Å². The van der Waals surface area contributed by atoms with Crippen molar-refractivity contribution in [2.45, 2.75) is 38.7 Å². The van der Waals surface area contributed by atoms with Gasteiger partial charge in [-0.05, 0) is 53.9 Å². The Morgan fingerprint density at radius 3 is 2.81 bits per heavy atom. The summed E-state index contributed by atoms with van der Waals surface area (Å²) in [5.41, 5.74) is 2.77. The molecular formula is C24H21BrF2N6O3. The van der Waals surface area contributed by atoms with E-state index in [-0.39, 0.29) is 34.8 Å². The number of nitrogens with zero attached hydrogens (tertiary/aromatic N) is 5. The van der Waals surface area contributed by atoms with Crippen LogP contribution in [0.1, 0.15) is 53.9 Å². The van der Waals surface area contributed by atoms with Crippen LogP contribution in [0, 0.1) is 0 Å². The smallest absolute Gasteiger partial charge is 0.343 e. The highest BCUT2D eigenvalue weighted by Crippen LogP contribution is 2.45. The first-order valence-electron chi connectivity index (χ1n) is 11.3. The molecule has 0 saturated heterocycles. The second kappa shape index (κ2) is 9.76. The van der Waals surface area contributed by atoms with Crippen molar-refractivity contribution in [3.63, 3.8) is 0 Å². The van der Waals surface area contributed by atoms with E-state index in [9.17, 15) is 18.4 Å². The summed E-state index contributed by atoms with van der Waals surface area (Å²) in [4.78, 5) is 29.3. The zero-order chi connectivity index (χ0) is 25.4. The van der Waals surface area contributed by atoms with E-state index in [1.807, 2.05) is 6.07 Å². The van der Waals surface area contributed by atoms with Crippen molar-refractivity contribution in [3.8, 4) is 11.3 Å². The number of carbonyl (C=O) groups is 2. The highest BCUT2D eigenvalue weighted by Gasteiger charge is 2.34. The van der Waals surface area contributed by atoms with E-state index in [4.69, 9.17) is 4.74 Å². The third-order valence-electron chi connectivity index (χ3n) is 5.76. The maximum absolute atomic E-state index is 13.3. The first-order chi connectivity index (χ1) is 17.4. The fourth-order valence-electron chi connectivity index (χ4n) is 4.03. The van der Waals surface area contributed by atoms with Gasteiger partial charge in [-0.15, -0.1) is 0 Å². The number of fused-ring (bicyclic) bond motifs is 1. The molecule has 1 N–H and O–H groups in total. The van der Waals surface area contributed by atoms with Crippen molar-refractivity contribution in [1.82, 2.24) is 24.4 Å². The maximum atomic E-state index is 13.3. The van der Waals surface area contributed by atoms with Crippen molar-refractivity contribution < 1.29 is 23.1 Å². The predicted molar refractivity (Wildman–Crippen MR) is 130 cm³/mol. The summed E-state index contributed by atoms with van der Waals surface area (Å²) in [6, 6.07) is 8.82. The topological polar surface area (TPSA) is 103 Å². The molecule has 1 amide bonds. The van der Waals surface area contributed by atoms with E-state index in [0.717, 1.165) is 18.4 Å². The Labute approximate surface area is 212 Å². The largest absolute Gasteiger partial charge is 0.462 e. The van der Waals surface area contributed by atoms with Gasteiger partial charge in [0.25, 0.3) is 6.43 Å². The Bertz CT molecular complexity index is 1460. The summed E-state index contributed by atoms with van der Waals surface area (Å²) in [7, 11) is 0. The average Bonchev–Trinajstić information content (AvgIpc) is 3.49. The monoisotopic (exact) mass is 558 g/mol. The number of halogens is 3. The molecule has 186 valence electrons. The molecule has 12 heteroatoms. The summed E-state index contributed by atoms with van der Waals surface area (Å²) in [6.45, 7) is 1.76. The Morgan fingerprint density at radius 2 is 2.08 bits per heavy atom. The molecule has 1 aromatic carbocycles. The summed E-state index contributed by atoms with van der Waals surface area (Å²) in [5.74, 6) is -0.782. The Kier molecular flexibility index (Phi) is 6.52. The number of rotatable bonds is 8. The van der Waals surface area contributed by atoms with Crippen LogP contribution in [0.5, 0.6) is 0 Å². The van der Waals surface area contributed by atoms with Crippen LogP contribution in [0.15, 0.2) is 47.2 Å². The predicted octanol–water partition coefficient (Wildman–Crippen LogP) is 4.99. The van der Waals surface area contributed by atoms with Gasteiger partial charge in [0.15, 0.2) is 5.65 Å².